The molecular weight excluding hydrogens is 447 g/mol. The molecule has 2 rings (SSSR count). The van der Waals surface area contributed by atoms with E-state index in [-0.39, 0.29) is 13.0 Å². The van der Waals surface area contributed by atoms with E-state index in [4.69, 9.17) is 4.74 Å². The van der Waals surface area contributed by atoms with E-state index in [9.17, 15) is 13.6 Å². The zero-order chi connectivity index (χ0) is 14.8. The molecule has 1 aliphatic heterocycles. The van der Waals surface area contributed by atoms with E-state index in [2.05, 4.69) is 38.5 Å². The Morgan fingerprint density at radius 3 is 2.85 bits per heavy atom. The molecule has 1 fully saturated rings. The summed E-state index contributed by atoms with van der Waals surface area (Å²) >= 11 is 5.46. The normalized spacial score (nSPS) is 17.9. The third-order valence-corrected chi connectivity index (χ3v) is 4.02. The zero-order valence-electron chi connectivity index (χ0n) is 10.5. The van der Waals surface area contributed by atoms with Crippen molar-refractivity contribution in [1.29, 1.82) is 0 Å². The standard InChI is InChI=1S/C13H13BrF2INO2/c14-9-4-10(17)6-11(5-9)20-7-12(19)18-3-1-2-13(15,16)8-18/h4-6H,1-3,7-8H2. The van der Waals surface area contributed by atoms with E-state index in [0.29, 0.717) is 18.7 Å². The summed E-state index contributed by atoms with van der Waals surface area (Å²) in [4.78, 5) is 13.1. The third kappa shape index (κ3) is 4.54. The van der Waals surface area contributed by atoms with Gasteiger partial charge in [0.25, 0.3) is 11.8 Å². The number of halogens is 4. The monoisotopic (exact) mass is 459 g/mol. The number of benzene rings is 1. The summed E-state index contributed by atoms with van der Waals surface area (Å²) in [6.07, 6.45) is 0.176. The van der Waals surface area contributed by atoms with Crippen LogP contribution >= 0.6 is 38.5 Å². The minimum Gasteiger partial charge on any atom is -0.484 e. The number of hydrogen-bond acceptors (Lipinski definition) is 2. The van der Waals surface area contributed by atoms with Gasteiger partial charge in [-0.3, -0.25) is 4.79 Å². The molecule has 0 radical (unpaired) electrons. The Hall–Kier alpha value is -0.440. The van der Waals surface area contributed by atoms with Crippen molar-refractivity contribution in [2.45, 2.75) is 18.8 Å². The minimum absolute atomic E-state index is 0.151. The second kappa shape index (κ2) is 6.55. The van der Waals surface area contributed by atoms with Crippen molar-refractivity contribution >= 4 is 44.4 Å². The molecule has 7 heteroatoms. The Balaban J connectivity index is 1.91. The highest BCUT2D eigenvalue weighted by Gasteiger charge is 2.37. The molecule has 20 heavy (non-hydrogen) atoms. The maximum Gasteiger partial charge on any atom is 0.265 e. The highest BCUT2D eigenvalue weighted by atomic mass is 127. The molecule has 0 atom stereocenters. The third-order valence-electron chi connectivity index (χ3n) is 2.94. The predicted octanol–water partition coefficient (Wildman–Crippen LogP) is 3.69. The molecule has 0 aliphatic carbocycles. The number of hydrogen-bond donors (Lipinski definition) is 0. The van der Waals surface area contributed by atoms with Gasteiger partial charge in [-0.2, -0.15) is 0 Å². The first-order chi connectivity index (χ1) is 9.35. The molecule has 0 N–H and O–H groups in total. The highest BCUT2D eigenvalue weighted by Crippen LogP contribution is 2.27. The number of piperidine rings is 1. The van der Waals surface area contributed by atoms with Crippen LogP contribution in [0.1, 0.15) is 12.8 Å². The molecule has 1 aromatic rings. The predicted molar refractivity (Wildman–Crippen MR) is 83.1 cm³/mol. The van der Waals surface area contributed by atoms with E-state index in [1.807, 2.05) is 6.07 Å². The molecule has 0 saturated carbocycles. The Morgan fingerprint density at radius 2 is 2.20 bits per heavy atom. The summed E-state index contributed by atoms with van der Waals surface area (Å²) in [5.41, 5.74) is 0. The van der Waals surface area contributed by atoms with Gasteiger partial charge in [0.2, 0.25) is 0 Å². The van der Waals surface area contributed by atoms with Crippen LogP contribution < -0.4 is 4.74 Å². The van der Waals surface area contributed by atoms with Crippen LogP contribution in [0, 0.1) is 3.57 Å². The maximum absolute atomic E-state index is 13.2. The van der Waals surface area contributed by atoms with E-state index in [1.54, 1.807) is 12.1 Å². The summed E-state index contributed by atoms with van der Waals surface area (Å²) in [7, 11) is 0. The zero-order valence-corrected chi connectivity index (χ0v) is 14.3. The summed E-state index contributed by atoms with van der Waals surface area (Å²) in [6.45, 7) is -0.359. The van der Waals surface area contributed by atoms with Gasteiger partial charge in [0.15, 0.2) is 6.61 Å². The largest absolute Gasteiger partial charge is 0.484 e. The van der Waals surface area contributed by atoms with Crippen molar-refractivity contribution in [2.24, 2.45) is 0 Å². The molecule has 110 valence electrons. The number of amides is 1. The van der Waals surface area contributed by atoms with Crippen molar-refractivity contribution in [3.63, 3.8) is 0 Å². The van der Waals surface area contributed by atoms with Crippen molar-refractivity contribution in [3.05, 3.63) is 26.2 Å². The lowest BCUT2D eigenvalue weighted by Gasteiger charge is -2.32. The van der Waals surface area contributed by atoms with Crippen LogP contribution in [0.2, 0.25) is 0 Å². The first kappa shape index (κ1) is 15.9. The number of alkyl halides is 2. The van der Waals surface area contributed by atoms with Crippen molar-refractivity contribution in [1.82, 2.24) is 4.90 Å². The fourth-order valence-corrected chi connectivity index (χ4v) is 3.57. The van der Waals surface area contributed by atoms with E-state index < -0.39 is 18.4 Å². The molecular formula is C13H13BrF2INO2. The molecule has 1 aliphatic rings. The van der Waals surface area contributed by atoms with Crippen molar-refractivity contribution in [2.75, 3.05) is 19.7 Å². The first-order valence-electron chi connectivity index (χ1n) is 6.10. The number of ether oxygens (including phenoxy) is 1. The Bertz CT molecular complexity index is 493. The lowest BCUT2D eigenvalue weighted by molar-refractivity contribution is -0.143. The van der Waals surface area contributed by atoms with E-state index in [0.717, 1.165) is 8.04 Å². The second-order valence-corrected chi connectivity index (χ2v) is 6.83. The molecule has 1 aromatic carbocycles. The van der Waals surface area contributed by atoms with Crippen LogP contribution in [0.4, 0.5) is 8.78 Å². The minimum atomic E-state index is -2.78. The molecule has 0 aromatic heterocycles. The summed E-state index contributed by atoms with van der Waals surface area (Å²) in [6, 6.07) is 5.42. The smallest absolute Gasteiger partial charge is 0.265 e. The lowest BCUT2D eigenvalue weighted by atomic mass is 10.1. The van der Waals surface area contributed by atoms with Gasteiger partial charge in [-0.15, -0.1) is 0 Å². The number of likely N-dealkylation sites (tertiary alicyclic amines) is 1. The second-order valence-electron chi connectivity index (χ2n) is 4.67. The van der Waals surface area contributed by atoms with Crippen molar-refractivity contribution in [3.8, 4) is 5.75 Å². The summed E-state index contributed by atoms with van der Waals surface area (Å²) in [5.74, 6) is -2.64. The fraction of sp³-hybridized carbons (Fsp3) is 0.462. The summed E-state index contributed by atoms with van der Waals surface area (Å²) in [5, 5.41) is 0. The number of nitrogens with zero attached hydrogens (tertiary/aromatic N) is 1. The molecule has 0 spiro atoms. The van der Waals surface area contributed by atoms with Crippen LogP contribution in [-0.4, -0.2) is 36.4 Å². The highest BCUT2D eigenvalue weighted by molar-refractivity contribution is 14.1. The van der Waals surface area contributed by atoms with Gasteiger partial charge < -0.3 is 9.64 Å². The van der Waals surface area contributed by atoms with Gasteiger partial charge in [0.05, 0.1) is 6.54 Å². The first-order valence-corrected chi connectivity index (χ1v) is 7.97. The van der Waals surface area contributed by atoms with Gasteiger partial charge >= 0.3 is 0 Å². The Morgan fingerprint density at radius 1 is 1.45 bits per heavy atom. The molecule has 1 saturated heterocycles. The Labute approximate surface area is 137 Å². The average molecular weight is 460 g/mol. The summed E-state index contributed by atoms with van der Waals surface area (Å²) < 4.78 is 33.7. The number of carbonyl (C=O) groups excluding carboxylic acids is 1. The fourth-order valence-electron chi connectivity index (χ4n) is 2.03. The van der Waals surface area contributed by atoms with Gasteiger partial charge in [0, 0.05) is 21.0 Å². The van der Waals surface area contributed by atoms with Crippen LogP contribution in [0.3, 0.4) is 0 Å². The Kier molecular flexibility index (Phi) is 5.22. The van der Waals surface area contributed by atoms with Crippen LogP contribution in [0.25, 0.3) is 0 Å². The van der Waals surface area contributed by atoms with E-state index >= 15 is 0 Å². The molecule has 0 unspecified atom stereocenters. The van der Waals surface area contributed by atoms with Crippen molar-refractivity contribution < 1.29 is 18.3 Å². The molecule has 1 amide bonds. The molecule has 3 nitrogen and oxygen atoms in total. The van der Waals surface area contributed by atoms with Gasteiger partial charge in [0.1, 0.15) is 5.75 Å². The number of rotatable bonds is 3. The molecule has 0 bridgehead atoms. The number of carbonyl (C=O) groups is 1. The topological polar surface area (TPSA) is 29.5 Å². The quantitative estimate of drug-likeness (QED) is 0.645. The van der Waals surface area contributed by atoms with Crippen LogP contribution in [0.15, 0.2) is 22.7 Å². The maximum atomic E-state index is 13.2. The van der Waals surface area contributed by atoms with Crippen LogP contribution in [-0.2, 0) is 4.79 Å². The van der Waals surface area contributed by atoms with Gasteiger partial charge in [-0.05, 0) is 47.2 Å². The van der Waals surface area contributed by atoms with Crippen LogP contribution in [0.5, 0.6) is 5.75 Å². The van der Waals surface area contributed by atoms with E-state index in [1.165, 1.54) is 4.90 Å². The SMILES string of the molecule is O=C(COc1cc(Br)cc(I)c1)N1CCCC(F)(F)C1. The lowest BCUT2D eigenvalue weighted by Crippen LogP contribution is -2.47. The van der Waals surface area contributed by atoms with Gasteiger partial charge in [-0.1, -0.05) is 15.9 Å². The average Bonchev–Trinajstić information content (AvgIpc) is 2.33. The molecule has 1 heterocycles. The van der Waals surface area contributed by atoms with Gasteiger partial charge in [-0.25, -0.2) is 8.78 Å².